The lowest BCUT2D eigenvalue weighted by atomic mass is 10.0. The number of fused-ring (bicyclic) bond motifs is 1. The fourth-order valence-electron chi connectivity index (χ4n) is 3.39. The summed E-state index contributed by atoms with van der Waals surface area (Å²) in [6, 6.07) is -0.214. The summed E-state index contributed by atoms with van der Waals surface area (Å²) in [4.78, 5) is 15.9. The minimum absolute atomic E-state index is 0.0380. The van der Waals surface area contributed by atoms with Crippen molar-refractivity contribution in [3.05, 3.63) is 17.5 Å². The Morgan fingerprint density at radius 3 is 2.58 bits per heavy atom. The smallest absolute Gasteiger partial charge is 0.330 e. The second-order valence-corrected chi connectivity index (χ2v) is 8.16. The molecular formula is C13H17F3N4O3S. The third kappa shape index (κ3) is 3.02. The lowest BCUT2D eigenvalue weighted by Crippen LogP contribution is -2.60. The van der Waals surface area contributed by atoms with Gasteiger partial charge >= 0.3 is 6.18 Å². The summed E-state index contributed by atoms with van der Waals surface area (Å²) < 4.78 is 61.8. The number of aromatic nitrogens is 2. The van der Waals surface area contributed by atoms with E-state index in [0.717, 1.165) is 0 Å². The van der Waals surface area contributed by atoms with Crippen LogP contribution in [0, 0.1) is 0 Å². The van der Waals surface area contributed by atoms with Gasteiger partial charge in [-0.05, 0) is 6.54 Å². The van der Waals surface area contributed by atoms with Gasteiger partial charge in [-0.3, -0.25) is 14.8 Å². The fraction of sp³-hybridized carbons (Fsp3) is 0.692. The predicted molar refractivity (Wildman–Crippen MR) is 78.1 cm³/mol. The Balaban J connectivity index is 1.86. The zero-order valence-electron chi connectivity index (χ0n) is 12.9. The zero-order chi connectivity index (χ0) is 17.7. The van der Waals surface area contributed by atoms with Crippen LogP contribution in [0.1, 0.15) is 23.1 Å². The van der Waals surface area contributed by atoms with Gasteiger partial charge in [0.1, 0.15) is 5.69 Å². The number of sulfone groups is 1. The van der Waals surface area contributed by atoms with Gasteiger partial charge < -0.3 is 4.90 Å². The van der Waals surface area contributed by atoms with Gasteiger partial charge in [0.15, 0.2) is 15.5 Å². The van der Waals surface area contributed by atoms with Crippen LogP contribution in [0.5, 0.6) is 0 Å². The van der Waals surface area contributed by atoms with Gasteiger partial charge in [0.25, 0.3) is 5.91 Å². The van der Waals surface area contributed by atoms with Crippen molar-refractivity contribution in [2.24, 2.45) is 0 Å². The zero-order valence-corrected chi connectivity index (χ0v) is 13.7. The summed E-state index contributed by atoms with van der Waals surface area (Å²) in [7, 11) is -3.28. The first-order valence-corrected chi connectivity index (χ1v) is 9.32. The van der Waals surface area contributed by atoms with Crippen molar-refractivity contribution in [3.8, 4) is 0 Å². The standard InChI is InChI=1S/C13H17F3N4O3S/c1-2-19-3-4-20(10-7-24(22,23)6-9(10)19)12(21)8-5-11(18-17-8)13(14,15)16/h5,9-10H,2-4,6-7H2,1H3,(H,17,18)/t9-,10+/m1/s1. The first-order valence-electron chi connectivity index (χ1n) is 7.50. The molecule has 2 aliphatic heterocycles. The summed E-state index contributed by atoms with van der Waals surface area (Å²) in [5, 5.41) is 5.26. The molecule has 134 valence electrons. The van der Waals surface area contributed by atoms with Crippen LogP contribution in [-0.2, 0) is 16.0 Å². The quantitative estimate of drug-likeness (QED) is 0.817. The summed E-state index contributed by atoms with van der Waals surface area (Å²) >= 11 is 0. The van der Waals surface area contributed by atoms with Crippen molar-refractivity contribution in [2.75, 3.05) is 31.1 Å². The fourth-order valence-corrected chi connectivity index (χ4v) is 5.41. The maximum Gasteiger partial charge on any atom is 0.432 e. The molecule has 2 aliphatic rings. The van der Waals surface area contributed by atoms with Crippen molar-refractivity contribution >= 4 is 15.7 Å². The monoisotopic (exact) mass is 366 g/mol. The van der Waals surface area contributed by atoms with Crippen LogP contribution in [0.3, 0.4) is 0 Å². The molecule has 11 heteroatoms. The molecule has 1 N–H and O–H groups in total. The molecule has 24 heavy (non-hydrogen) atoms. The molecular weight excluding hydrogens is 349 g/mol. The van der Waals surface area contributed by atoms with Crippen LogP contribution in [0.15, 0.2) is 6.07 Å². The van der Waals surface area contributed by atoms with Crippen molar-refractivity contribution in [1.29, 1.82) is 0 Å². The first-order chi connectivity index (χ1) is 11.1. The maximum atomic E-state index is 12.6. The number of nitrogens with one attached hydrogen (secondary N) is 1. The Morgan fingerprint density at radius 1 is 1.33 bits per heavy atom. The molecule has 0 spiro atoms. The van der Waals surface area contributed by atoms with E-state index < -0.39 is 33.7 Å². The van der Waals surface area contributed by atoms with Crippen LogP contribution < -0.4 is 0 Å². The van der Waals surface area contributed by atoms with E-state index in [2.05, 4.69) is 5.10 Å². The third-order valence-electron chi connectivity index (χ3n) is 4.56. The Hall–Kier alpha value is -1.62. The lowest BCUT2D eigenvalue weighted by Gasteiger charge is -2.43. The molecule has 1 aromatic heterocycles. The number of hydrogen-bond donors (Lipinski definition) is 1. The molecule has 3 heterocycles. The number of carbonyl (C=O) groups is 1. The molecule has 7 nitrogen and oxygen atoms in total. The molecule has 0 radical (unpaired) electrons. The molecule has 0 unspecified atom stereocenters. The molecule has 0 saturated carbocycles. The molecule has 2 atom stereocenters. The highest BCUT2D eigenvalue weighted by atomic mass is 32.2. The third-order valence-corrected chi connectivity index (χ3v) is 6.26. The second kappa shape index (κ2) is 5.73. The number of aromatic amines is 1. The minimum atomic E-state index is -4.62. The second-order valence-electron chi connectivity index (χ2n) is 6.00. The van der Waals surface area contributed by atoms with Gasteiger partial charge in [0, 0.05) is 25.2 Å². The number of hydrogen-bond acceptors (Lipinski definition) is 5. The summed E-state index contributed by atoms with van der Waals surface area (Å²) in [6.45, 7) is 3.30. The Labute approximate surface area is 136 Å². The van der Waals surface area contributed by atoms with Gasteiger partial charge in [-0.1, -0.05) is 6.92 Å². The number of nitrogens with zero attached hydrogens (tertiary/aromatic N) is 3. The van der Waals surface area contributed by atoms with Crippen molar-refractivity contribution < 1.29 is 26.4 Å². The van der Waals surface area contributed by atoms with Gasteiger partial charge in [-0.2, -0.15) is 18.3 Å². The van der Waals surface area contributed by atoms with Crippen molar-refractivity contribution in [2.45, 2.75) is 25.2 Å². The Morgan fingerprint density at radius 2 is 2.00 bits per heavy atom. The summed E-state index contributed by atoms with van der Waals surface area (Å²) in [5.74, 6) is -0.885. The highest BCUT2D eigenvalue weighted by Gasteiger charge is 2.48. The summed E-state index contributed by atoms with van der Waals surface area (Å²) in [5.41, 5.74) is -1.45. The normalized spacial score (nSPS) is 27.2. The maximum absolute atomic E-state index is 12.6. The molecule has 0 aromatic carbocycles. The number of halogens is 3. The summed E-state index contributed by atoms with van der Waals surface area (Å²) in [6.07, 6.45) is -4.62. The molecule has 1 aromatic rings. The van der Waals surface area contributed by atoms with Crippen LogP contribution in [0.25, 0.3) is 0 Å². The Bertz CT molecular complexity index is 746. The minimum Gasteiger partial charge on any atom is -0.330 e. The van der Waals surface area contributed by atoms with Gasteiger partial charge in [0.05, 0.1) is 17.5 Å². The number of amides is 1. The van der Waals surface area contributed by atoms with E-state index in [1.165, 1.54) is 4.90 Å². The average molecular weight is 366 g/mol. The number of alkyl halides is 3. The molecule has 0 bridgehead atoms. The average Bonchev–Trinajstić information content (AvgIpc) is 3.08. The van der Waals surface area contributed by atoms with Crippen molar-refractivity contribution in [1.82, 2.24) is 20.0 Å². The van der Waals surface area contributed by atoms with Gasteiger partial charge in [-0.25, -0.2) is 8.42 Å². The molecule has 2 fully saturated rings. The first kappa shape index (κ1) is 17.2. The van der Waals surface area contributed by atoms with Crippen LogP contribution >= 0.6 is 0 Å². The van der Waals surface area contributed by atoms with E-state index in [1.54, 1.807) is 0 Å². The molecule has 3 rings (SSSR count). The largest absolute Gasteiger partial charge is 0.432 e. The van der Waals surface area contributed by atoms with Crippen molar-refractivity contribution in [3.63, 3.8) is 0 Å². The number of piperazine rings is 1. The number of carbonyl (C=O) groups excluding carboxylic acids is 1. The van der Waals surface area contributed by atoms with Gasteiger partial charge in [0.2, 0.25) is 0 Å². The lowest BCUT2D eigenvalue weighted by molar-refractivity contribution is -0.141. The highest BCUT2D eigenvalue weighted by molar-refractivity contribution is 7.91. The molecule has 0 aliphatic carbocycles. The number of rotatable bonds is 2. The van der Waals surface area contributed by atoms with E-state index in [1.807, 2.05) is 16.9 Å². The topological polar surface area (TPSA) is 86.4 Å². The molecule has 2 saturated heterocycles. The van der Waals surface area contributed by atoms with E-state index in [4.69, 9.17) is 0 Å². The van der Waals surface area contributed by atoms with E-state index in [-0.39, 0.29) is 29.8 Å². The number of likely N-dealkylation sites (N-methyl/N-ethyl adjacent to an activating group) is 1. The van der Waals surface area contributed by atoms with Crippen LogP contribution in [0.4, 0.5) is 13.2 Å². The van der Waals surface area contributed by atoms with E-state index in [9.17, 15) is 26.4 Å². The predicted octanol–water partition coefficient (Wildman–Crippen LogP) is 0.372. The van der Waals surface area contributed by atoms with Gasteiger partial charge in [-0.15, -0.1) is 0 Å². The SMILES string of the molecule is CCN1CCN(C(=O)c2cc(C(F)(F)F)[nH]n2)[C@H]2CS(=O)(=O)C[C@H]21. The highest BCUT2D eigenvalue weighted by Crippen LogP contribution is 2.30. The van der Waals surface area contributed by atoms with Crippen LogP contribution in [-0.4, -0.2) is 77.5 Å². The number of H-pyrrole nitrogens is 1. The Kier molecular flexibility index (Phi) is 4.11. The van der Waals surface area contributed by atoms with E-state index in [0.29, 0.717) is 19.2 Å². The van der Waals surface area contributed by atoms with Crippen LogP contribution in [0.2, 0.25) is 0 Å². The molecule has 1 amide bonds. The van der Waals surface area contributed by atoms with E-state index >= 15 is 0 Å².